The summed E-state index contributed by atoms with van der Waals surface area (Å²) in [5.41, 5.74) is 2.00. The first-order valence-corrected chi connectivity index (χ1v) is 10.3. The topological polar surface area (TPSA) is 43.4 Å². The van der Waals surface area contributed by atoms with Crippen LogP contribution >= 0.6 is 0 Å². The monoisotopic (exact) mass is 460 g/mol. The van der Waals surface area contributed by atoms with Gasteiger partial charge in [0.25, 0.3) is 0 Å². The summed E-state index contributed by atoms with van der Waals surface area (Å²) in [5.74, 6) is -0.478. The average Bonchev–Trinajstić information content (AvgIpc) is 3.16. The molecule has 0 amide bonds. The molecular formula is C22H22F6N2O2. The van der Waals surface area contributed by atoms with Gasteiger partial charge in [-0.1, -0.05) is 43.2 Å². The molecule has 0 bridgehead atoms. The van der Waals surface area contributed by atoms with E-state index in [2.05, 4.69) is 10.5 Å². The fourth-order valence-corrected chi connectivity index (χ4v) is 4.67. The number of hydroxylamine groups is 1. The highest BCUT2D eigenvalue weighted by Gasteiger charge is 2.50. The molecular weight excluding hydrogens is 438 g/mol. The third-order valence-corrected chi connectivity index (χ3v) is 6.09. The van der Waals surface area contributed by atoms with Crippen molar-refractivity contribution >= 4 is 0 Å². The summed E-state index contributed by atoms with van der Waals surface area (Å²) in [6.45, 7) is -1.65. The van der Waals surface area contributed by atoms with Crippen molar-refractivity contribution in [3.63, 3.8) is 0 Å². The van der Waals surface area contributed by atoms with Crippen LogP contribution in [0.4, 0.5) is 26.3 Å². The summed E-state index contributed by atoms with van der Waals surface area (Å²) in [6.07, 6.45) is -5.18. The highest BCUT2D eigenvalue weighted by molar-refractivity contribution is 5.36. The van der Waals surface area contributed by atoms with Gasteiger partial charge in [0, 0.05) is 24.1 Å². The predicted molar refractivity (Wildman–Crippen MR) is 103 cm³/mol. The average molecular weight is 460 g/mol. The van der Waals surface area contributed by atoms with Crippen LogP contribution in [0.3, 0.4) is 0 Å². The molecule has 1 aliphatic heterocycles. The number of benzene rings is 1. The molecule has 4 rings (SSSR count). The van der Waals surface area contributed by atoms with E-state index in [9.17, 15) is 26.3 Å². The zero-order valence-corrected chi connectivity index (χ0v) is 17.0. The van der Waals surface area contributed by atoms with Gasteiger partial charge in [-0.25, -0.2) is 4.98 Å². The molecule has 1 aromatic carbocycles. The summed E-state index contributed by atoms with van der Waals surface area (Å²) in [7, 11) is 0. The molecule has 1 spiro atoms. The SMILES string of the molecule is FC(F)(F)COc1ncc(C(F)(F)F)cc1[C@@H]1C[C@@]2(CCCC[C@H]2c2ccccc2)ON1. The number of hydrogen-bond acceptors (Lipinski definition) is 4. The lowest BCUT2D eigenvalue weighted by molar-refractivity contribution is -0.154. The highest BCUT2D eigenvalue weighted by Crippen LogP contribution is 2.51. The zero-order valence-electron chi connectivity index (χ0n) is 17.0. The van der Waals surface area contributed by atoms with Gasteiger partial charge in [-0.3, -0.25) is 4.84 Å². The van der Waals surface area contributed by atoms with Crippen molar-refractivity contribution in [2.75, 3.05) is 6.61 Å². The minimum absolute atomic E-state index is 0.00764. The first kappa shape index (κ1) is 22.8. The summed E-state index contributed by atoms with van der Waals surface area (Å²) in [5, 5.41) is 0. The molecule has 2 aliphatic rings. The van der Waals surface area contributed by atoms with Crippen molar-refractivity contribution < 1.29 is 35.9 Å². The Bertz CT molecular complexity index is 934. The largest absolute Gasteiger partial charge is 0.468 e. The number of pyridine rings is 1. The lowest BCUT2D eigenvalue weighted by Gasteiger charge is -2.40. The van der Waals surface area contributed by atoms with Crippen LogP contribution in [0.1, 0.15) is 60.8 Å². The van der Waals surface area contributed by atoms with E-state index in [0.29, 0.717) is 12.6 Å². The Labute approximate surface area is 180 Å². The maximum atomic E-state index is 13.3. The summed E-state index contributed by atoms with van der Waals surface area (Å²) < 4.78 is 82.6. The van der Waals surface area contributed by atoms with Crippen LogP contribution in [0.5, 0.6) is 5.88 Å². The van der Waals surface area contributed by atoms with E-state index in [4.69, 9.17) is 9.57 Å². The molecule has 0 unspecified atom stereocenters. The number of nitrogens with one attached hydrogen (secondary N) is 1. The fraction of sp³-hybridized carbons (Fsp3) is 0.500. The van der Waals surface area contributed by atoms with E-state index in [1.807, 2.05) is 30.3 Å². The third kappa shape index (κ3) is 4.85. The molecule has 4 nitrogen and oxygen atoms in total. The predicted octanol–water partition coefficient (Wildman–Crippen LogP) is 6.10. The maximum Gasteiger partial charge on any atom is 0.422 e. The quantitative estimate of drug-likeness (QED) is 0.560. The first-order valence-electron chi connectivity index (χ1n) is 10.3. The minimum Gasteiger partial charge on any atom is -0.468 e. The van der Waals surface area contributed by atoms with E-state index in [1.165, 1.54) is 0 Å². The van der Waals surface area contributed by atoms with Crippen molar-refractivity contribution in [3.05, 3.63) is 59.3 Å². The van der Waals surface area contributed by atoms with Crippen molar-refractivity contribution in [2.45, 2.75) is 62.0 Å². The van der Waals surface area contributed by atoms with E-state index in [-0.39, 0.29) is 17.9 Å². The number of ether oxygens (including phenoxy) is 1. The molecule has 10 heteroatoms. The van der Waals surface area contributed by atoms with E-state index in [1.54, 1.807) is 0 Å². The Morgan fingerprint density at radius 2 is 1.84 bits per heavy atom. The van der Waals surface area contributed by atoms with Crippen LogP contribution in [0, 0.1) is 0 Å². The Morgan fingerprint density at radius 3 is 2.53 bits per heavy atom. The second-order valence-corrected chi connectivity index (χ2v) is 8.27. The lowest BCUT2D eigenvalue weighted by atomic mass is 9.69. The van der Waals surface area contributed by atoms with Gasteiger partial charge in [0.15, 0.2) is 6.61 Å². The second kappa shape index (κ2) is 8.55. The van der Waals surface area contributed by atoms with Crippen LogP contribution < -0.4 is 10.2 Å². The molecule has 1 saturated carbocycles. The number of halogens is 6. The van der Waals surface area contributed by atoms with E-state index < -0.39 is 42.0 Å². The third-order valence-electron chi connectivity index (χ3n) is 6.09. The molecule has 2 heterocycles. The number of hydrogen-bond donors (Lipinski definition) is 1. The number of nitrogens with zero attached hydrogens (tertiary/aromatic N) is 1. The summed E-state index contributed by atoms with van der Waals surface area (Å²) in [4.78, 5) is 9.57. The molecule has 1 aromatic heterocycles. The van der Waals surface area contributed by atoms with Crippen LogP contribution in [-0.4, -0.2) is 23.4 Å². The molecule has 1 N–H and O–H groups in total. The molecule has 3 atom stereocenters. The van der Waals surface area contributed by atoms with E-state index in [0.717, 1.165) is 30.9 Å². The number of alkyl halides is 6. The van der Waals surface area contributed by atoms with Crippen molar-refractivity contribution in [2.24, 2.45) is 0 Å². The molecule has 2 aromatic rings. The van der Waals surface area contributed by atoms with Gasteiger partial charge in [-0.05, 0) is 24.5 Å². The molecule has 0 radical (unpaired) electrons. The van der Waals surface area contributed by atoms with Crippen LogP contribution in [0.25, 0.3) is 0 Å². The highest BCUT2D eigenvalue weighted by atomic mass is 19.4. The maximum absolute atomic E-state index is 13.3. The zero-order chi connectivity index (χ0) is 23.0. The molecule has 174 valence electrons. The van der Waals surface area contributed by atoms with Crippen molar-refractivity contribution in [1.82, 2.24) is 10.5 Å². The Morgan fingerprint density at radius 1 is 1.09 bits per heavy atom. The Balaban J connectivity index is 1.65. The molecule has 1 saturated heterocycles. The van der Waals surface area contributed by atoms with Crippen LogP contribution in [-0.2, 0) is 11.0 Å². The van der Waals surface area contributed by atoms with Gasteiger partial charge in [-0.15, -0.1) is 0 Å². The molecule has 2 fully saturated rings. The molecule has 32 heavy (non-hydrogen) atoms. The van der Waals surface area contributed by atoms with Gasteiger partial charge < -0.3 is 4.74 Å². The summed E-state index contributed by atoms with van der Waals surface area (Å²) >= 11 is 0. The van der Waals surface area contributed by atoms with E-state index >= 15 is 0 Å². The first-order chi connectivity index (χ1) is 15.1. The van der Waals surface area contributed by atoms with Crippen LogP contribution in [0.15, 0.2) is 42.6 Å². The number of rotatable bonds is 4. The normalized spacial score (nSPS) is 26.4. The Hall–Kier alpha value is -2.33. The van der Waals surface area contributed by atoms with Crippen molar-refractivity contribution in [3.8, 4) is 5.88 Å². The summed E-state index contributed by atoms with van der Waals surface area (Å²) in [6, 6.07) is 9.69. The Kier molecular flexibility index (Phi) is 6.10. The smallest absolute Gasteiger partial charge is 0.422 e. The second-order valence-electron chi connectivity index (χ2n) is 8.27. The van der Waals surface area contributed by atoms with Gasteiger partial charge in [-0.2, -0.15) is 31.8 Å². The van der Waals surface area contributed by atoms with Crippen LogP contribution in [0.2, 0.25) is 0 Å². The standard InChI is InChI=1S/C22H22F6N2O2/c23-21(24,25)13-31-19-16(10-15(12-29-19)22(26,27)28)18-11-20(32-30-18)9-5-4-8-17(20)14-6-2-1-3-7-14/h1-3,6-7,10,12,17-18,30H,4-5,8-9,11,13H2/t17-,18-,20+/m0/s1. The van der Waals surface area contributed by atoms with Gasteiger partial charge in [0.2, 0.25) is 5.88 Å². The number of aromatic nitrogens is 1. The molecule has 1 aliphatic carbocycles. The van der Waals surface area contributed by atoms with Gasteiger partial charge in [0.1, 0.15) is 0 Å². The minimum atomic E-state index is -4.70. The fourth-order valence-electron chi connectivity index (χ4n) is 4.67. The van der Waals surface area contributed by atoms with Gasteiger partial charge >= 0.3 is 12.4 Å². The van der Waals surface area contributed by atoms with Gasteiger partial charge in [0.05, 0.1) is 17.2 Å². The lowest BCUT2D eigenvalue weighted by Crippen LogP contribution is -2.39. The van der Waals surface area contributed by atoms with Crippen molar-refractivity contribution in [1.29, 1.82) is 0 Å².